The summed E-state index contributed by atoms with van der Waals surface area (Å²) in [7, 11) is 0. The highest BCUT2D eigenvalue weighted by atomic mass is 35.5. The van der Waals surface area contributed by atoms with E-state index in [0.29, 0.717) is 12.1 Å². The van der Waals surface area contributed by atoms with Gasteiger partial charge >= 0.3 is 12.4 Å². The first-order valence-electron chi connectivity index (χ1n) is 4.81. The van der Waals surface area contributed by atoms with E-state index in [1.807, 2.05) is 0 Å². The van der Waals surface area contributed by atoms with Gasteiger partial charge < -0.3 is 10.8 Å². The molecule has 0 heterocycles. The Morgan fingerprint density at radius 2 is 1.63 bits per heavy atom. The van der Waals surface area contributed by atoms with Crippen molar-refractivity contribution in [2.45, 2.75) is 24.5 Å². The van der Waals surface area contributed by atoms with Crippen molar-refractivity contribution in [2.75, 3.05) is 0 Å². The summed E-state index contributed by atoms with van der Waals surface area (Å²) in [6.45, 7) is 0. The molecule has 0 aliphatic heterocycles. The van der Waals surface area contributed by atoms with Crippen molar-refractivity contribution >= 4 is 11.6 Å². The van der Waals surface area contributed by atoms with Crippen molar-refractivity contribution in [1.29, 1.82) is 0 Å². The van der Waals surface area contributed by atoms with Crippen molar-refractivity contribution in [2.24, 2.45) is 5.73 Å². The van der Waals surface area contributed by atoms with Gasteiger partial charge in [-0.25, -0.2) is 0 Å². The third-order valence-electron chi connectivity index (χ3n) is 2.36. The zero-order valence-corrected chi connectivity index (χ0v) is 9.81. The lowest BCUT2D eigenvalue weighted by atomic mass is 9.96. The number of aliphatic hydroxyl groups excluding tert-OH is 1. The third-order valence-corrected chi connectivity index (χ3v) is 2.59. The van der Waals surface area contributed by atoms with E-state index < -0.39 is 35.6 Å². The van der Waals surface area contributed by atoms with E-state index in [2.05, 4.69) is 0 Å². The highest BCUT2D eigenvalue weighted by molar-refractivity contribution is 6.30. The number of rotatable bonds is 2. The van der Waals surface area contributed by atoms with Crippen molar-refractivity contribution in [1.82, 2.24) is 0 Å². The molecule has 3 N–H and O–H groups in total. The molecule has 0 saturated carbocycles. The molecular weight excluding hydrogens is 300 g/mol. The molecule has 1 aromatic rings. The fourth-order valence-corrected chi connectivity index (χ4v) is 1.61. The summed E-state index contributed by atoms with van der Waals surface area (Å²) < 4.78 is 74.8. The smallest absolute Gasteiger partial charge is 0.382 e. The summed E-state index contributed by atoms with van der Waals surface area (Å²) in [4.78, 5) is 0. The second-order valence-electron chi connectivity index (χ2n) is 3.74. The normalized spacial score (nSPS) is 16.3. The Hall–Kier alpha value is -0.990. The lowest BCUT2D eigenvalue weighted by Gasteiger charge is -2.24. The average molecular weight is 308 g/mol. The van der Waals surface area contributed by atoms with Gasteiger partial charge in [0.05, 0.1) is 11.6 Å². The molecule has 0 radical (unpaired) electrons. The lowest BCUT2D eigenvalue weighted by molar-refractivity contribution is -0.211. The maximum Gasteiger partial charge on any atom is 0.416 e. The van der Waals surface area contributed by atoms with Crippen LogP contribution < -0.4 is 5.73 Å². The second kappa shape index (κ2) is 5.18. The number of hydrogen-bond acceptors (Lipinski definition) is 2. The van der Waals surface area contributed by atoms with Crippen molar-refractivity contribution in [3.63, 3.8) is 0 Å². The molecular formula is C10H8ClF6NO. The average Bonchev–Trinajstić information content (AvgIpc) is 2.24. The van der Waals surface area contributed by atoms with Crippen LogP contribution in [0.1, 0.15) is 17.2 Å². The maximum atomic E-state index is 12.7. The van der Waals surface area contributed by atoms with Crippen LogP contribution in [0.4, 0.5) is 26.3 Å². The molecule has 1 aromatic carbocycles. The van der Waals surface area contributed by atoms with Gasteiger partial charge in [-0.15, -0.1) is 0 Å². The maximum absolute atomic E-state index is 12.7. The van der Waals surface area contributed by atoms with Crippen LogP contribution in [0.25, 0.3) is 0 Å². The Morgan fingerprint density at radius 3 is 2.05 bits per heavy atom. The topological polar surface area (TPSA) is 46.2 Å². The molecule has 0 spiro atoms. The van der Waals surface area contributed by atoms with E-state index in [4.69, 9.17) is 22.4 Å². The number of nitrogens with two attached hydrogens (primary N) is 1. The number of alkyl halides is 6. The third kappa shape index (κ3) is 3.74. The van der Waals surface area contributed by atoms with Crippen LogP contribution in [0.15, 0.2) is 18.2 Å². The zero-order chi connectivity index (χ0) is 15.0. The fourth-order valence-electron chi connectivity index (χ4n) is 1.44. The van der Waals surface area contributed by atoms with Gasteiger partial charge in [-0.05, 0) is 17.7 Å². The minimum Gasteiger partial charge on any atom is -0.382 e. The van der Waals surface area contributed by atoms with E-state index in [9.17, 15) is 26.3 Å². The van der Waals surface area contributed by atoms with Gasteiger partial charge in [-0.3, -0.25) is 0 Å². The number of benzene rings is 1. The molecule has 0 saturated heterocycles. The van der Waals surface area contributed by atoms with Gasteiger partial charge in [0.1, 0.15) is 0 Å². The van der Waals surface area contributed by atoms with Crippen molar-refractivity contribution in [3.05, 3.63) is 34.3 Å². The van der Waals surface area contributed by atoms with Gasteiger partial charge in [0, 0.05) is 5.02 Å². The molecule has 0 aliphatic rings. The van der Waals surface area contributed by atoms with Crippen LogP contribution in [-0.2, 0) is 6.18 Å². The first-order chi connectivity index (χ1) is 8.44. The summed E-state index contributed by atoms with van der Waals surface area (Å²) in [5, 5.41) is 8.62. The van der Waals surface area contributed by atoms with E-state index in [1.165, 1.54) is 0 Å². The lowest BCUT2D eigenvalue weighted by Crippen LogP contribution is -2.39. The van der Waals surface area contributed by atoms with Gasteiger partial charge in [0.15, 0.2) is 6.10 Å². The Morgan fingerprint density at radius 1 is 1.11 bits per heavy atom. The summed E-state index contributed by atoms with van der Waals surface area (Å²) in [6, 6.07) is -0.117. The fraction of sp³-hybridized carbons (Fsp3) is 0.400. The minimum absolute atomic E-state index is 0.301. The molecule has 0 amide bonds. The molecule has 19 heavy (non-hydrogen) atoms. The number of aliphatic hydroxyl groups is 1. The molecule has 0 aliphatic carbocycles. The quantitative estimate of drug-likeness (QED) is 0.824. The van der Waals surface area contributed by atoms with Gasteiger partial charge in [-0.1, -0.05) is 17.7 Å². The standard InChI is InChI=1S/C10H8ClF6NO/c11-4-1-2-5(6(3-4)9(12,13)14)7(18)8(19)10(15,16)17/h1-3,7-8,19H,18H2/t7-,8-/m1/s1. The molecule has 2 nitrogen and oxygen atoms in total. The van der Waals surface area contributed by atoms with Crippen LogP contribution in [0, 0.1) is 0 Å². The summed E-state index contributed by atoms with van der Waals surface area (Å²) in [5.74, 6) is 0. The molecule has 1 rings (SSSR count). The number of hydrogen-bond donors (Lipinski definition) is 2. The highest BCUT2D eigenvalue weighted by Crippen LogP contribution is 2.38. The van der Waals surface area contributed by atoms with Crippen LogP contribution in [0.2, 0.25) is 5.02 Å². The van der Waals surface area contributed by atoms with Crippen molar-refractivity contribution in [3.8, 4) is 0 Å². The second-order valence-corrected chi connectivity index (χ2v) is 4.18. The van der Waals surface area contributed by atoms with Crippen LogP contribution in [0.3, 0.4) is 0 Å². The van der Waals surface area contributed by atoms with Gasteiger partial charge in [0.2, 0.25) is 0 Å². The molecule has 9 heteroatoms. The largest absolute Gasteiger partial charge is 0.416 e. The molecule has 0 fully saturated rings. The van der Waals surface area contributed by atoms with Crippen LogP contribution in [0.5, 0.6) is 0 Å². The molecule has 0 aromatic heterocycles. The summed E-state index contributed by atoms with van der Waals surface area (Å²) in [5.41, 5.74) is 2.78. The Balaban J connectivity index is 3.28. The molecule has 108 valence electrons. The van der Waals surface area contributed by atoms with E-state index in [0.717, 1.165) is 6.07 Å². The molecule has 0 unspecified atom stereocenters. The first kappa shape index (κ1) is 16.1. The Labute approximate surface area is 108 Å². The summed E-state index contributed by atoms with van der Waals surface area (Å²) in [6.07, 6.45) is -13.2. The minimum atomic E-state index is -5.12. The van der Waals surface area contributed by atoms with Crippen LogP contribution in [-0.4, -0.2) is 17.4 Å². The Kier molecular flexibility index (Phi) is 4.38. The van der Waals surface area contributed by atoms with Gasteiger partial charge in [0.25, 0.3) is 0 Å². The Bertz CT molecular complexity index is 458. The zero-order valence-electron chi connectivity index (χ0n) is 9.06. The highest BCUT2D eigenvalue weighted by Gasteiger charge is 2.45. The van der Waals surface area contributed by atoms with E-state index >= 15 is 0 Å². The van der Waals surface area contributed by atoms with E-state index in [-0.39, 0.29) is 5.02 Å². The summed E-state index contributed by atoms with van der Waals surface area (Å²) >= 11 is 5.37. The first-order valence-corrected chi connectivity index (χ1v) is 5.19. The van der Waals surface area contributed by atoms with Gasteiger partial charge in [-0.2, -0.15) is 26.3 Å². The molecule has 0 bridgehead atoms. The molecule has 2 atom stereocenters. The van der Waals surface area contributed by atoms with Crippen molar-refractivity contribution < 1.29 is 31.4 Å². The predicted octanol–water partition coefficient (Wildman–Crippen LogP) is 3.28. The monoisotopic (exact) mass is 307 g/mol. The SMILES string of the molecule is N[C@H](c1ccc(Cl)cc1C(F)(F)F)[C@@H](O)C(F)(F)F. The van der Waals surface area contributed by atoms with E-state index in [1.54, 1.807) is 0 Å². The predicted molar refractivity (Wildman–Crippen MR) is 55.4 cm³/mol. The van der Waals surface area contributed by atoms with Crippen LogP contribution >= 0.6 is 11.6 Å². The number of halogens is 7.